The highest BCUT2D eigenvalue weighted by molar-refractivity contribution is 5.87. The molecule has 0 aliphatic rings. The number of aromatic hydroxyl groups is 3. The van der Waals surface area contributed by atoms with E-state index in [0.717, 1.165) is 50.4 Å². The van der Waals surface area contributed by atoms with Gasteiger partial charge in [0, 0.05) is 41.3 Å². The second-order valence-electron chi connectivity index (χ2n) is 18.0. The molecule has 6 nitrogen and oxygen atoms in total. The van der Waals surface area contributed by atoms with Gasteiger partial charge >= 0.3 is 0 Å². The molecule has 3 N–H and O–H groups in total. The molecule has 0 unspecified atom stereocenters. The summed E-state index contributed by atoms with van der Waals surface area (Å²) in [6.45, 7) is 18.7. The molecular formula is C52H55N3O3. The van der Waals surface area contributed by atoms with Crippen LogP contribution in [0, 0.1) is 0 Å². The Hall–Kier alpha value is -6.27. The molecule has 0 heterocycles. The van der Waals surface area contributed by atoms with Gasteiger partial charge in [0.15, 0.2) is 0 Å². The van der Waals surface area contributed by atoms with E-state index in [2.05, 4.69) is 98.7 Å². The number of phenolic OH excluding ortho intramolecular Hbond substituents is 3. The van der Waals surface area contributed by atoms with Gasteiger partial charge < -0.3 is 15.3 Å². The van der Waals surface area contributed by atoms with E-state index in [1.807, 2.05) is 91.0 Å². The number of para-hydroxylation sites is 3. The maximum absolute atomic E-state index is 11.0. The average molecular weight is 770 g/mol. The van der Waals surface area contributed by atoms with Crippen molar-refractivity contribution in [3.8, 4) is 17.2 Å². The Bertz CT molecular complexity index is 2180. The number of nitrogens with zero attached hydrogens (tertiary/aromatic N) is 3. The molecule has 0 atom stereocenters. The van der Waals surface area contributed by atoms with Crippen molar-refractivity contribution in [1.82, 2.24) is 0 Å². The predicted molar refractivity (Wildman–Crippen MR) is 242 cm³/mol. The van der Waals surface area contributed by atoms with E-state index in [0.29, 0.717) is 16.7 Å². The normalized spacial score (nSPS) is 13.2. The molecular weight excluding hydrogens is 715 g/mol. The van der Waals surface area contributed by atoms with Crippen LogP contribution in [0.2, 0.25) is 0 Å². The molecule has 0 aliphatic carbocycles. The molecule has 0 bridgehead atoms. The smallest absolute Gasteiger partial charge is 0.128 e. The van der Waals surface area contributed by atoms with Crippen LogP contribution in [0.1, 0.15) is 118 Å². The third kappa shape index (κ3) is 9.63. The lowest BCUT2D eigenvalue weighted by atomic mass is 9.85. The van der Waals surface area contributed by atoms with E-state index in [1.165, 1.54) is 0 Å². The summed E-state index contributed by atoms with van der Waals surface area (Å²) in [5.41, 5.74) is 9.64. The molecule has 0 amide bonds. The number of hydrogen-bond donors (Lipinski definition) is 3. The summed E-state index contributed by atoms with van der Waals surface area (Å²) < 4.78 is 0. The molecule has 6 aromatic carbocycles. The molecule has 58 heavy (non-hydrogen) atoms. The van der Waals surface area contributed by atoms with E-state index in [9.17, 15) is 15.3 Å². The van der Waals surface area contributed by atoms with Gasteiger partial charge in [-0.05, 0) is 104 Å². The molecule has 0 aromatic heterocycles. The molecule has 0 saturated heterocycles. The van der Waals surface area contributed by atoms with Gasteiger partial charge in [0.1, 0.15) is 17.2 Å². The van der Waals surface area contributed by atoms with Crippen molar-refractivity contribution in [2.45, 2.75) is 84.5 Å². The average Bonchev–Trinajstić information content (AvgIpc) is 3.17. The summed E-state index contributed by atoms with van der Waals surface area (Å²) in [5.74, 6) is 0.644. The number of rotatable bonds is 9. The first-order valence-corrected chi connectivity index (χ1v) is 19.8. The fourth-order valence-corrected chi connectivity index (χ4v) is 7.08. The van der Waals surface area contributed by atoms with Crippen molar-refractivity contribution in [3.05, 3.63) is 177 Å². The number of hydrogen-bond acceptors (Lipinski definition) is 6. The standard InChI is InChI=1S/C52H55N3O3/c1-50(2,3)43-16-10-13-37(47(43)56)31-53-40-25-19-34(20-26-40)46(35-21-27-41(28-22-35)54-32-38-14-11-17-44(48(38)57)51(4,5)6)36-23-29-42(30-24-36)55-33-39-15-12-18-45(49(39)58)52(7,8)9/h10-33,46,56-58H,1-9H3. The van der Waals surface area contributed by atoms with Crippen molar-refractivity contribution >= 4 is 35.7 Å². The number of benzene rings is 6. The second-order valence-corrected chi connectivity index (χ2v) is 18.0. The van der Waals surface area contributed by atoms with Crippen molar-refractivity contribution in [2.75, 3.05) is 0 Å². The van der Waals surface area contributed by atoms with E-state index in [4.69, 9.17) is 15.0 Å². The summed E-state index contributed by atoms with van der Waals surface area (Å²) in [6.07, 6.45) is 5.15. The SMILES string of the molecule is CC(C)(C)c1cccc(C=Nc2ccc(C(c3ccc(N=Cc4cccc(C(C)(C)C)c4O)cc3)c3ccc(N=Cc4cccc(C(C)(C)C)c4O)cc3)cc2)c1O. The van der Waals surface area contributed by atoms with Crippen LogP contribution in [-0.2, 0) is 16.2 Å². The van der Waals surface area contributed by atoms with Gasteiger partial charge in [-0.15, -0.1) is 0 Å². The summed E-state index contributed by atoms with van der Waals surface area (Å²) in [6, 6.07) is 41.9. The molecule has 296 valence electrons. The fourth-order valence-electron chi connectivity index (χ4n) is 7.08. The minimum Gasteiger partial charge on any atom is -0.507 e. The van der Waals surface area contributed by atoms with Crippen LogP contribution < -0.4 is 0 Å². The lowest BCUT2D eigenvalue weighted by Crippen LogP contribution is -2.11. The van der Waals surface area contributed by atoms with Crippen LogP contribution in [0.4, 0.5) is 17.1 Å². The molecule has 0 fully saturated rings. The third-order valence-corrected chi connectivity index (χ3v) is 10.4. The lowest BCUT2D eigenvalue weighted by molar-refractivity contribution is 0.445. The minimum absolute atomic E-state index is 0.110. The first kappa shape index (κ1) is 41.4. The van der Waals surface area contributed by atoms with Crippen LogP contribution in [0.5, 0.6) is 17.2 Å². The van der Waals surface area contributed by atoms with Gasteiger partial charge in [-0.2, -0.15) is 0 Å². The monoisotopic (exact) mass is 769 g/mol. The van der Waals surface area contributed by atoms with Crippen molar-refractivity contribution in [1.29, 1.82) is 0 Å². The van der Waals surface area contributed by atoms with Gasteiger partial charge in [0.25, 0.3) is 0 Å². The molecule has 6 aromatic rings. The predicted octanol–water partition coefficient (Wildman–Crippen LogP) is 13.1. The van der Waals surface area contributed by atoms with Crippen molar-refractivity contribution < 1.29 is 15.3 Å². The largest absolute Gasteiger partial charge is 0.507 e. The van der Waals surface area contributed by atoms with Gasteiger partial charge in [0.05, 0.1) is 17.1 Å². The van der Waals surface area contributed by atoms with Crippen molar-refractivity contribution in [2.24, 2.45) is 15.0 Å². The molecule has 0 aliphatic heterocycles. The first-order valence-electron chi connectivity index (χ1n) is 19.8. The van der Waals surface area contributed by atoms with Crippen LogP contribution in [0.15, 0.2) is 142 Å². The van der Waals surface area contributed by atoms with Crippen LogP contribution in [0.3, 0.4) is 0 Å². The highest BCUT2D eigenvalue weighted by atomic mass is 16.3. The summed E-state index contributed by atoms with van der Waals surface area (Å²) in [5, 5.41) is 32.9. The minimum atomic E-state index is -0.193. The van der Waals surface area contributed by atoms with E-state index in [1.54, 1.807) is 18.6 Å². The highest BCUT2D eigenvalue weighted by Crippen LogP contribution is 2.37. The van der Waals surface area contributed by atoms with E-state index in [-0.39, 0.29) is 39.4 Å². The van der Waals surface area contributed by atoms with Crippen LogP contribution in [-0.4, -0.2) is 34.0 Å². The Morgan fingerprint density at radius 3 is 0.828 bits per heavy atom. The second kappa shape index (κ2) is 16.7. The van der Waals surface area contributed by atoms with Gasteiger partial charge in [-0.3, -0.25) is 15.0 Å². The first-order chi connectivity index (χ1) is 27.4. The number of aliphatic imine (C=N–C) groups is 3. The van der Waals surface area contributed by atoms with Crippen molar-refractivity contribution in [3.63, 3.8) is 0 Å². The van der Waals surface area contributed by atoms with E-state index < -0.39 is 0 Å². The maximum atomic E-state index is 11.0. The summed E-state index contributed by atoms with van der Waals surface area (Å²) in [4.78, 5) is 14.2. The Morgan fingerprint density at radius 2 is 0.603 bits per heavy atom. The molecule has 6 rings (SSSR count). The lowest BCUT2D eigenvalue weighted by Gasteiger charge is -2.21. The molecule has 0 radical (unpaired) electrons. The zero-order chi connectivity index (χ0) is 41.8. The molecule has 0 saturated carbocycles. The summed E-state index contributed by atoms with van der Waals surface area (Å²) >= 11 is 0. The summed E-state index contributed by atoms with van der Waals surface area (Å²) in [7, 11) is 0. The van der Waals surface area contributed by atoms with Gasteiger partial charge in [-0.25, -0.2) is 0 Å². The fraction of sp³-hybridized carbons (Fsp3) is 0.250. The number of phenols is 3. The van der Waals surface area contributed by atoms with Crippen LogP contribution in [0.25, 0.3) is 0 Å². The molecule has 6 heteroatoms. The Labute approximate surface area is 344 Å². The zero-order valence-corrected chi connectivity index (χ0v) is 35.1. The third-order valence-electron chi connectivity index (χ3n) is 10.4. The quantitative estimate of drug-likeness (QED) is 0.101. The zero-order valence-electron chi connectivity index (χ0n) is 35.1. The highest BCUT2D eigenvalue weighted by Gasteiger charge is 2.22. The van der Waals surface area contributed by atoms with E-state index >= 15 is 0 Å². The van der Waals surface area contributed by atoms with Crippen LogP contribution >= 0.6 is 0 Å². The topological polar surface area (TPSA) is 97.8 Å². The Balaban J connectivity index is 1.31. The Kier molecular flexibility index (Phi) is 11.9. The molecule has 0 spiro atoms. The van der Waals surface area contributed by atoms with Gasteiger partial charge in [0.2, 0.25) is 0 Å². The van der Waals surface area contributed by atoms with Gasteiger partial charge in [-0.1, -0.05) is 135 Å². The maximum Gasteiger partial charge on any atom is 0.128 e. The Morgan fingerprint density at radius 1 is 0.362 bits per heavy atom.